The quantitative estimate of drug-likeness (QED) is 0.910. The van der Waals surface area contributed by atoms with E-state index in [9.17, 15) is 9.90 Å². The van der Waals surface area contributed by atoms with Crippen LogP contribution in [0, 0.1) is 19.8 Å². The Bertz CT molecular complexity index is 691. The molecule has 5 heteroatoms. The first kappa shape index (κ1) is 15.7. The van der Waals surface area contributed by atoms with Gasteiger partial charge in [0.05, 0.1) is 17.5 Å². The monoisotopic (exact) mass is 313 g/mol. The molecule has 1 aliphatic rings. The number of hydrogen-bond acceptors (Lipinski definition) is 3. The van der Waals surface area contributed by atoms with Gasteiger partial charge in [-0.25, -0.2) is 4.68 Å². The molecule has 0 radical (unpaired) electrons. The van der Waals surface area contributed by atoms with Gasteiger partial charge in [0.2, 0.25) is 0 Å². The molecule has 1 heterocycles. The van der Waals surface area contributed by atoms with Gasteiger partial charge in [-0.1, -0.05) is 6.42 Å². The number of carbonyl (C=O) groups is 1. The van der Waals surface area contributed by atoms with Crippen molar-refractivity contribution in [3.63, 3.8) is 0 Å². The number of carbonyl (C=O) groups excluding carboxylic acids is 1. The first-order chi connectivity index (χ1) is 11.0. The standard InChI is InChI=1S/C18H23N3O2/c1-12-10-13(2)21(20-12)16-8-6-14(7-9-16)18(23)19-11-15-4-3-5-17(15)22/h6-10,15,17,22H,3-5,11H2,1-2H3,(H,19,23). The Morgan fingerprint density at radius 1 is 1.30 bits per heavy atom. The normalized spacial score (nSPS) is 20.7. The molecule has 1 aliphatic carbocycles. The molecule has 1 fully saturated rings. The summed E-state index contributed by atoms with van der Waals surface area (Å²) < 4.78 is 1.87. The van der Waals surface area contributed by atoms with Crippen molar-refractivity contribution in [2.24, 2.45) is 5.92 Å². The summed E-state index contributed by atoms with van der Waals surface area (Å²) in [6.45, 7) is 4.51. The van der Waals surface area contributed by atoms with Gasteiger partial charge in [-0.05, 0) is 57.0 Å². The zero-order valence-corrected chi connectivity index (χ0v) is 13.6. The van der Waals surface area contributed by atoms with Crippen molar-refractivity contribution >= 4 is 5.91 Å². The minimum absolute atomic E-state index is 0.0935. The number of hydrogen-bond donors (Lipinski definition) is 2. The zero-order chi connectivity index (χ0) is 16.4. The number of aryl methyl sites for hydroxylation is 2. The zero-order valence-electron chi connectivity index (χ0n) is 13.6. The van der Waals surface area contributed by atoms with Gasteiger partial charge in [0.1, 0.15) is 0 Å². The summed E-state index contributed by atoms with van der Waals surface area (Å²) in [5.74, 6) is 0.0944. The highest BCUT2D eigenvalue weighted by Gasteiger charge is 2.25. The first-order valence-electron chi connectivity index (χ1n) is 8.14. The number of benzene rings is 1. The second-order valence-corrected chi connectivity index (χ2v) is 6.35. The molecule has 1 aromatic carbocycles. The molecule has 2 N–H and O–H groups in total. The van der Waals surface area contributed by atoms with Crippen molar-refractivity contribution in [3.05, 3.63) is 47.3 Å². The minimum atomic E-state index is -0.274. The van der Waals surface area contributed by atoms with Gasteiger partial charge in [0.25, 0.3) is 5.91 Å². The molecule has 0 spiro atoms. The third-order valence-corrected chi connectivity index (χ3v) is 4.53. The van der Waals surface area contributed by atoms with Gasteiger partial charge in [-0.2, -0.15) is 5.10 Å². The van der Waals surface area contributed by atoms with E-state index in [0.717, 1.165) is 36.3 Å². The second-order valence-electron chi connectivity index (χ2n) is 6.35. The molecule has 2 atom stereocenters. The third-order valence-electron chi connectivity index (χ3n) is 4.53. The lowest BCUT2D eigenvalue weighted by molar-refractivity contribution is 0.0917. The Morgan fingerprint density at radius 2 is 2.04 bits per heavy atom. The maximum Gasteiger partial charge on any atom is 0.251 e. The highest BCUT2D eigenvalue weighted by Crippen LogP contribution is 2.24. The lowest BCUT2D eigenvalue weighted by Gasteiger charge is -2.15. The van der Waals surface area contributed by atoms with Crippen LogP contribution in [-0.4, -0.2) is 33.4 Å². The van der Waals surface area contributed by atoms with Crippen molar-refractivity contribution in [1.82, 2.24) is 15.1 Å². The summed E-state index contributed by atoms with van der Waals surface area (Å²) in [7, 11) is 0. The predicted molar refractivity (Wildman–Crippen MR) is 88.7 cm³/mol. The Kier molecular flexibility index (Phi) is 4.48. The van der Waals surface area contributed by atoms with Gasteiger partial charge < -0.3 is 10.4 Å². The van der Waals surface area contributed by atoms with E-state index in [2.05, 4.69) is 10.4 Å². The Hall–Kier alpha value is -2.14. The molecule has 0 saturated heterocycles. The van der Waals surface area contributed by atoms with E-state index in [1.165, 1.54) is 0 Å². The molecule has 23 heavy (non-hydrogen) atoms. The summed E-state index contributed by atoms with van der Waals surface area (Å²) in [5, 5.41) is 17.2. The molecule has 1 amide bonds. The van der Waals surface area contributed by atoms with E-state index < -0.39 is 0 Å². The lowest BCUT2D eigenvalue weighted by Crippen LogP contribution is -2.32. The molecule has 0 aliphatic heterocycles. The topological polar surface area (TPSA) is 67.2 Å². The predicted octanol–water partition coefficient (Wildman–Crippen LogP) is 2.38. The molecule has 1 aromatic heterocycles. The maximum absolute atomic E-state index is 12.2. The second kappa shape index (κ2) is 6.54. The molecular formula is C18H23N3O2. The third kappa shape index (κ3) is 3.45. The summed E-state index contributed by atoms with van der Waals surface area (Å²) in [5.41, 5.74) is 3.61. The number of aliphatic hydroxyl groups excluding tert-OH is 1. The largest absolute Gasteiger partial charge is 0.393 e. The average Bonchev–Trinajstić information content (AvgIpc) is 3.10. The van der Waals surface area contributed by atoms with Crippen molar-refractivity contribution in [1.29, 1.82) is 0 Å². The Labute approximate surface area is 136 Å². The van der Waals surface area contributed by atoms with Crippen LogP contribution < -0.4 is 5.32 Å². The van der Waals surface area contributed by atoms with Crippen molar-refractivity contribution < 1.29 is 9.90 Å². The van der Waals surface area contributed by atoms with E-state index in [0.29, 0.717) is 12.1 Å². The number of nitrogens with one attached hydrogen (secondary N) is 1. The number of nitrogens with zero attached hydrogens (tertiary/aromatic N) is 2. The SMILES string of the molecule is Cc1cc(C)n(-c2ccc(C(=O)NCC3CCCC3O)cc2)n1. The first-order valence-corrected chi connectivity index (χ1v) is 8.14. The van der Waals surface area contributed by atoms with Gasteiger partial charge in [0, 0.05) is 23.7 Å². The summed E-state index contributed by atoms with van der Waals surface area (Å²) in [6.07, 6.45) is 2.60. The van der Waals surface area contributed by atoms with Crippen molar-refractivity contribution in [3.8, 4) is 5.69 Å². The number of amides is 1. The summed E-state index contributed by atoms with van der Waals surface area (Å²) in [6, 6.07) is 9.45. The van der Waals surface area contributed by atoms with E-state index in [4.69, 9.17) is 0 Å². The maximum atomic E-state index is 12.2. The van der Waals surface area contributed by atoms with E-state index in [1.807, 2.05) is 48.9 Å². The fourth-order valence-electron chi connectivity index (χ4n) is 3.23. The highest BCUT2D eigenvalue weighted by atomic mass is 16.3. The molecule has 122 valence electrons. The van der Waals surface area contributed by atoms with Crippen molar-refractivity contribution in [2.75, 3.05) is 6.54 Å². The van der Waals surface area contributed by atoms with Gasteiger partial charge in [-0.15, -0.1) is 0 Å². The summed E-state index contributed by atoms with van der Waals surface area (Å²) >= 11 is 0. The van der Waals surface area contributed by atoms with Crippen LogP contribution in [0.15, 0.2) is 30.3 Å². The Morgan fingerprint density at radius 3 is 2.61 bits per heavy atom. The number of aromatic nitrogens is 2. The van der Waals surface area contributed by atoms with Crippen LogP contribution in [0.1, 0.15) is 41.0 Å². The molecular weight excluding hydrogens is 290 g/mol. The minimum Gasteiger partial charge on any atom is -0.393 e. The van der Waals surface area contributed by atoms with E-state index in [1.54, 1.807) is 0 Å². The molecule has 5 nitrogen and oxygen atoms in total. The average molecular weight is 313 g/mol. The van der Waals surface area contributed by atoms with Crippen LogP contribution in [0.25, 0.3) is 5.69 Å². The smallest absolute Gasteiger partial charge is 0.251 e. The van der Waals surface area contributed by atoms with Crippen LogP contribution in [-0.2, 0) is 0 Å². The summed E-state index contributed by atoms with van der Waals surface area (Å²) in [4.78, 5) is 12.2. The van der Waals surface area contributed by atoms with Gasteiger partial charge in [0.15, 0.2) is 0 Å². The van der Waals surface area contributed by atoms with Crippen LogP contribution >= 0.6 is 0 Å². The van der Waals surface area contributed by atoms with Crippen molar-refractivity contribution in [2.45, 2.75) is 39.2 Å². The van der Waals surface area contributed by atoms with Crippen LogP contribution in [0.4, 0.5) is 0 Å². The fourth-order valence-corrected chi connectivity index (χ4v) is 3.23. The van der Waals surface area contributed by atoms with E-state index >= 15 is 0 Å². The van der Waals surface area contributed by atoms with Gasteiger partial charge in [-0.3, -0.25) is 4.79 Å². The van der Waals surface area contributed by atoms with Crippen LogP contribution in [0.3, 0.4) is 0 Å². The van der Waals surface area contributed by atoms with E-state index in [-0.39, 0.29) is 17.9 Å². The van der Waals surface area contributed by atoms with Crippen LogP contribution in [0.2, 0.25) is 0 Å². The Balaban J connectivity index is 1.64. The molecule has 2 aromatic rings. The molecule has 1 saturated carbocycles. The number of rotatable bonds is 4. The molecule has 2 unspecified atom stereocenters. The fraction of sp³-hybridized carbons (Fsp3) is 0.444. The lowest BCUT2D eigenvalue weighted by atomic mass is 10.1. The number of aliphatic hydroxyl groups is 1. The highest BCUT2D eigenvalue weighted by molar-refractivity contribution is 5.94. The van der Waals surface area contributed by atoms with Crippen LogP contribution in [0.5, 0.6) is 0 Å². The van der Waals surface area contributed by atoms with Gasteiger partial charge >= 0.3 is 0 Å². The molecule has 0 bridgehead atoms. The molecule has 3 rings (SSSR count).